The normalized spacial score (nSPS) is 13.8. The molecule has 0 spiro atoms. The summed E-state index contributed by atoms with van der Waals surface area (Å²) in [6.07, 6.45) is 6.11. The molecule has 1 aliphatic rings. The largest absolute Gasteiger partial charge is 0.341 e. The van der Waals surface area contributed by atoms with Gasteiger partial charge in [-0.05, 0) is 50.1 Å². The lowest BCUT2D eigenvalue weighted by atomic mass is 10.1. The molecule has 4 aromatic rings. The Morgan fingerprint density at radius 2 is 1.72 bits per heavy atom. The summed E-state index contributed by atoms with van der Waals surface area (Å²) >= 11 is 0. The van der Waals surface area contributed by atoms with Crippen molar-refractivity contribution >= 4 is 28.5 Å². The highest BCUT2D eigenvalue weighted by Gasteiger charge is 2.15. The topological polar surface area (TPSA) is 66.8 Å². The van der Waals surface area contributed by atoms with Gasteiger partial charge >= 0.3 is 0 Å². The Bertz CT molecular complexity index is 1150. The van der Waals surface area contributed by atoms with Crippen molar-refractivity contribution in [2.75, 3.05) is 23.3 Å². The average molecular weight is 382 g/mol. The lowest BCUT2D eigenvalue weighted by Gasteiger charge is -2.15. The molecule has 3 heterocycles. The average Bonchev–Trinajstić information content (AvgIpc) is 3.30. The Labute approximate surface area is 169 Å². The zero-order valence-corrected chi connectivity index (χ0v) is 16.3. The highest BCUT2D eigenvalue weighted by atomic mass is 15.3. The van der Waals surface area contributed by atoms with Crippen molar-refractivity contribution in [3.63, 3.8) is 0 Å². The third-order valence-electron chi connectivity index (χ3n) is 5.22. The predicted molar refractivity (Wildman–Crippen MR) is 116 cm³/mol. The fraction of sp³-hybridized carbons (Fsp3) is 0.217. The zero-order valence-electron chi connectivity index (χ0n) is 16.3. The molecule has 1 fully saturated rings. The Kier molecular flexibility index (Phi) is 4.52. The smallest absolute Gasteiger partial charge is 0.227 e. The Morgan fingerprint density at radius 3 is 2.55 bits per heavy atom. The van der Waals surface area contributed by atoms with E-state index in [-0.39, 0.29) is 0 Å². The molecule has 0 saturated carbocycles. The van der Waals surface area contributed by atoms with Crippen LogP contribution in [0, 0.1) is 6.92 Å². The van der Waals surface area contributed by atoms with Gasteiger partial charge < -0.3 is 10.2 Å². The van der Waals surface area contributed by atoms with Gasteiger partial charge in [0.1, 0.15) is 0 Å². The number of anilines is 3. The lowest BCUT2D eigenvalue weighted by Crippen LogP contribution is -2.20. The third-order valence-corrected chi connectivity index (χ3v) is 5.22. The number of fused-ring (bicyclic) bond motifs is 1. The van der Waals surface area contributed by atoms with E-state index in [1.807, 2.05) is 30.5 Å². The van der Waals surface area contributed by atoms with Gasteiger partial charge in [-0.15, -0.1) is 0 Å². The molecule has 6 heteroatoms. The first-order chi connectivity index (χ1) is 14.2. The molecule has 1 aliphatic heterocycles. The van der Waals surface area contributed by atoms with E-state index >= 15 is 0 Å². The van der Waals surface area contributed by atoms with Crippen LogP contribution in [0.25, 0.3) is 22.2 Å². The zero-order chi connectivity index (χ0) is 19.6. The second kappa shape index (κ2) is 7.47. The van der Waals surface area contributed by atoms with Crippen LogP contribution in [-0.2, 0) is 0 Å². The summed E-state index contributed by atoms with van der Waals surface area (Å²) in [7, 11) is 0. The summed E-state index contributed by atoms with van der Waals surface area (Å²) in [5.74, 6) is 1.40. The number of aryl methyl sites for hydroxylation is 1. The molecule has 0 bridgehead atoms. The number of aromatic nitrogens is 4. The Balaban J connectivity index is 1.42. The van der Waals surface area contributed by atoms with Crippen molar-refractivity contribution in [1.29, 1.82) is 0 Å². The van der Waals surface area contributed by atoms with Gasteiger partial charge in [-0.2, -0.15) is 0 Å². The van der Waals surface area contributed by atoms with Crippen LogP contribution >= 0.6 is 0 Å². The molecular weight excluding hydrogens is 360 g/mol. The van der Waals surface area contributed by atoms with Gasteiger partial charge in [0, 0.05) is 42.1 Å². The fourth-order valence-corrected chi connectivity index (χ4v) is 3.60. The number of hydrogen-bond donors (Lipinski definition) is 1. The minimum Gasteiger partial charge on any atom is -0.341 e. The van der Waals surface area contributed by atoms with Gasteiger partial charge in [0.05, 0.1) is 11.2 Å². The molecule has 5 rings (SSSR count). The Hall–Kier alpha value is -3.54. The highest BCUT2D eigenvalue weighted by molar-refractivity contribution is 5.84. The molecule has 0 unspecified atom stereocenters. The minimum atomic E-state index is 0.576. The van der Waals surface area contributed by atoms with E-state index in [2.05, 4.69) is 56.4 Å². The van der Waals surface area contributed by atoms with Gasteiger partial charge in [-0.25, -0.2) is 19.9 Å². The SMILES string of the molecule is Cc1ccc(Nc2nccc(-c3ccc4nc(N5CCCC5)ncc4c3)n2)cc1. The molecule has 0 aliphatic carbocycles. The lowest BCUT2D eigenvalue weighted by molar-refractivity contribution is 0.907. The van der Waals surface area contributed by atoms with Crippen molar-refractivity contribution in [1.82, 2.24) is 19.9 Å². The number of nitrogens with zero attached hydrogens (tertiary/aromatic N) is 5. The summed E-state index contributed by atoms with van der Waals surface area (Å²) in [4.78, 5) is 20.6. The van der Waals surface area contributed by atoms with Crippen LogP contribution in [0.5, 0.6) is 0 Å². The number of hydrogen-bond acceptors (Lipinski definition) is 6. The maximum atomic E-state index is 4.74. The van der Waals surface area contributed by atoms with Crippen molar-refractivity contribution in [3.8, 4) is 11.3 Å². The van der Waals surface area contributed by atoms with E-state index in [1.165, 1.54) is 18.4 Å². The van der Waals surface area contributed by atoms with Gasteiger partial charge in [-0.3, -0.25) is 0 Å². The minimum absolute atomic E-state index is 0.576. The molecule has 2 aromatic carbocycles. The Morgan fingerprint density at radius 1 is 0.897 bits per heavy atom. The van der Waals surface area contributed by atoms with Crippen LogP contribution in [0.3, 0.4) is 0 Å². The number of nitrogens with one attached hydrogen (secondary N) is 1. The molecule has 0 radical (unpaired) electrons. The second-order valence-corrected chi connectivity index (χ2v) is 7.39. The summed E-state index contributed by atoms with van der Waals surface area (Å²) in [6, 6.07) is 16.3. The quantitative estimate of drug-likeness (QED) is 0.550. The second-order valence-electron chi connectivity index (χ2n) is 7.39. The van der Waals surface area contributed by atoms with E-state index < -0.39 is 0 Å². The van der Waals surface area contributed by atoms with Crippen molar-refractivity contribution in [2.45, 2.75) is 19.8 Å². The molecule has 2 aromatic heterocycles. The molecule has 29 heavy (non-hydrogen) atoms. The first kappa shape index (κ1) is 17.6. The van der Waals surface area contributed by atoms with Crippen molar-refractivity contribution in [3.05, 3.63) is 66.5 Å². The van der Waals surface area contributed by atoms with E-state index in [4.69, 9.17) is 4.98 Å². The van der Waals surface area contributed by atoms with E-state index in [0.29, 0.717) is 5.95 Å². The summed E-state index contributed by atoms with van der Waals surface area (Å²) in [5.41, 5.74) is 5.02. The summed E-state index contributed by atoms with van der Waals surface area (Å²) in [5, 5.41) is 4.28. The maximum absolute atomic E-state index is 4.74. The van der Waals surface area contributed by atoms with E-state index in [1.54, 1.807) is 6.20 Å². The van der Waals surface area contributed by atoms with Gasteiger partial charge in [0.2, 0.25) is 11.9 Å². The monoisotopic (exact) mass is 382 g/mol. The molecule has 1 saturated heterocycles. The molecular formula is C23H22N6. The van der Waals surface area contributed by atoms with Crippen LogP contribution < -0.4 is 10.2 Å². The maximum Gasteiger partial charge on any atom is 0.227 e. The third kappa shape index (κ3) is 3.74. The molecule has 1 N–H and O–H groups in total. The highest BCUT2D eigenvalue weighted by Crippen LogP contribution is 2.25. The standard InChI is InChI=1S/C23H22N6/c1-16-4-7-19(8-5-16)26-22-24-11-10-21(27-22)17-6-9-20-18(14-17)15-25-23(28-20)29-12-2-3-13-29/h4-11,14-15H,2-3,12-13H2,1H3,(H,24,26,27). The molecule has 144 valence electrons. The van der Waals surface area contributed by atoms with Crippen LogP contribution in [0.15, 0.2) is 60.9 Å². The van der Waals surface area contributed by atoms with Crippen LogP contribution in [-0.4, -0.2) is 33.0 Å². The molecule has 6 nitrogen and oxygen atoms in total. The summed E-state index contributed by atoms with van der Waals surface area (Å²) in [6.45, 7) is 4.15. The summed E-state index contributed by atoms with van der Waals surface area (Å²) < 4.78 is 0. The number of benzene rings is 2. The van der Waals surface area contributed by atoms with Crippen LogP contribution in [0.4, 0.5) is 17.6 Å². The van der Waals surface area contributed by atoms with Crippen molar-refractivity contribution < 1.29 is 0 Å². The first-order valence-electron chi connectivity index (χ1n) is 9.93. The van der Waals surface area contributed by atoms with E-state index in [9.17, 15) is 0 Å². The van der Waals surface area contributed by atoms with Crippen molar-refractivity contribution in [2.24, 2.45) is 0 Å². The van der Waals surface area contributed by atoms with Gasteiger partial charge in [0.15, 0.2) is 0 Å². The fourth-order valence-electron chi connectivity index (χ4n) is 3.60. The van der Waals surface area contributed by atoms with E-state index in [0.717, 1.165) is 46.9 Å². The predicted octanol–water partition coefficient (Wildman–Crippen LogP) is 4.74. The molecule has 0 amide bonds. The van der Waals surface area contributed by atoms with Gasteiger partial charge in [-0.1, -0.05) is 23.8 Å². The number of rotatable bonds is 4. The first-order valence-corrected chi connectivity index (χ1v) is 9.93. The van der Waals surface area contributed by atoms with Gasteiger partial charge in [0.25, 0.3) is 0 Å². The van der Waals surface area contributed by atoms with Crippen LogP contribution in [0.1, 0.15) is 18.4 Å². The van der Waals surface area contributed by atoms with Crippen LogP contribution in [0.2, 0.25) is 0 Å². The molecule has 0 atom stereocenters.